The molecule has 3 nitrogen and oxygen atoms in total. The topological polar surface area (TPSA) is 29.5 Å². The van der Waals surface area contributed by atoms with Gasteiger partial charge in [-0.05, 0) is 29.9 Å². The number of anilines is 1. The zero-order valence-electron chi connectivity index (χ0n) is 15.0. The molecule has 0 saturated heterocycles. The summed E-state index contributed by atoms with van der Waals surface area (Å²) in [7, 11) is 0. The second kappa shape index (κ2) is 8.72. The van der Waals surface area contributed by atoms with Crippen molar-refractivity contribution in [2.24, 2.45) is 0 Å². The molecule has 132 valence electrons. The molecule has 3 rings (SSSR count). The average molecular weight is 358 g/mol. The van der Waals surface area contributed by atoms with Gasteiger partial charge in [0.2, 0.25) is 5.91 Å². The number of allylic oxidation sites excluding steroid dienone is 1. The quantitative estimate of drug-likeness (QED) is 0.561. The van der Waals surface area contributed by atoms with E-state index in [0.717, 1.165) is 35.4 Å². The van der Waals surface area contributed by atoms with Crippen LogP contribution >= 0.6 is 11.6 Å². The summed E-state index contributed by atoms with van der Waals surface area (Å²) < 4.78 is 6.04. The van der Waals surface area contributed by atoms with E-state index in [1.165, 1.54) is 17.3 Å². The van der Waals surface area contributed by atoms with E-state index in [9.17, 15) is 4.79 Å². The van der Waals surface area contributed by atoms with Gasteiger partial charge in [0, 0.05) is 31.3 Å². The van der Waals surface area contributed by atoms with Gasteiger partial charge in [0.25, 0.3) is 0 Å². The van der Waals surface area contributed by atoms with Crippen LogP contribution in [0, 0.1) is 0 Å². The fourth-order valence-electron chi connectivity index (χ4n) is 3.10. The molecule has 1 amide bonds. The first-order valence-corrected chi connectivity index (χ1v) is 9.02. The summed E-state index contributed by atoms with van der Waals surface area (Å²) in [6.45, 7) is 8.60. The molecule has 2 aromatic carbocycles. The van der Waals surface area contributed by atoms with Crippen LogP contribution < -0.4 is 9.64 Å². The lowest BCUT2D eigenvalue weighted by molar-refractivity contribution is -0.116. The summed E-state index contributed by atoms with van der Waals surface area (Å²) in [4.78, 5) is 13.7. The van der Waals surface area contributed by atoms with E-state index in [-0.39, 0.29) is 5.91 Å². The highest BCUT2D eigenvalue weighted by Crippen LogP contribution is 2.40. The molecule has 0 aliphatic carbocycles. The number of rotatable bonds is 4. The van der Waals surface area contributed by atoms with Gasteiger partial charge in [0.15, 0.2) is 0 Å². The summed E-state index contributed by atoms with van der Waals surface area (Å²) >= 11 is 4.64. The van der Waals surface area contributed by atoms with Crippen molar-refractivity contribution in [2.75, 3.05) is 24.4 Å². The van der Waals surface area contributed by atoms with E-state index in [2.05, 4.69) is 30.3 Å². The molecule has 0 N–H and O–H groups in total. The van der Waals surface area contributed by atoms with E-state index in [1.54, 1.807) is 13.0 Å². The van der Waals surface area contributed by atoms with E-state index in [0.29, 0.717) is 6.61 Å². The molecule has 0 spiro atoms. The number of hydrogen-bond acceptors (Lipinski definition) is 2. The molecular weight excluding hydrogens is 334 g/mol. The highest BCUT2D eigenvalue weighted by molar-refractivity contribution is 6.15. The normalized spacial score (nSPS) is 13.1. The molecule has 2 aromatic rings. The maximum absolute atomic E-state index is 11.9. The zero-order valence-corrected chi connectivity index (χ0v) is 15.8. The number of nitrogens with zero attached hydrogens (tertiary/aromatic N) is 1. The van der Waals surface area contributed by atoms with Crippen LogP contribution in [0.25, 0.3) is 10.8 Å². The summed E-state index contributed by atoms with van der Waals surface area (Å²) in [6.07, 6.45) is 6.16. The third-order valence-corrected chi connectivity index (χ3v) is 4.38. The first-order valence-electron chi connectivity index (χ1n) is 8.26. The van der Waals surface area contributed by atoms with Crippen LogP contribution in [-0.4, -0.2) is 25.4 Å². The van der Waals surface area contributed by atoms with Crippen molar-refractivity contribution in [1.82, 2.24) is 0 Å². The number of carbonyl (C=O) groups excluding carboxylic acids is 1. The number of hydrogen-bond donors (Lipinski definition) is 0. The second-order valence-electron chi connectivity index (χ2n) is 5.70. The monoisotopic (exact) mass is 357 g/mol. The number of alkyl halides is 1. The van der Waals surface area contributed by atoms with Crippen LogP contribution in [0.5, 0.6) is 5.75 Å². The van der Waals surface area contributed by atoms with Crippen LogP contribution in [0.1, 0.15) is 19.4 Å². The lowest BCUT2D eigenvalue weighted by Crippen LogP contribution is -2.25. The van der Waals surface area contributed by atoms with E-state index in [4.69, 9.17) is 4.74 Å². The summed E-state index contributed by atoms with van der Waals surface area (Å²) in [5, 5.41) is 2.26. The molecule has 4 heteroatoms. The van der Waals surface area contributed by atoms with Crippen LogP contribution in [0.4, 0.5) is 5.69 Å². The second-order valence-corrected chi connectivity index (χ2v) is 5.70. The zero-order chi connectivity index (χ0) is 18.4. The van der Waals surface area contributed by atoms with Crippen molar-refractivity contribution in [3.05, 3.63) is 60.2 Å². The van der Waals surface area contributed by atoms with Crippen LogP contribution in [-0.2, 0) is 11.2 Å². The highest BCUT2D eigenvalue weighted by atomic mass is 35.5. The summed E-state index contributed by atoms with van der Waals surface area (Å²) in [6, 6.07) is 10.2. The molecule has 1 aliphatic heterocycles. The molecule has 0 unspecified atom stereocenters. The molecule has 1 heterocycles. The highest BCUT2D eigenvalue weighted by Gasteiger charge is 2.25. The Kier molecular flexibility index (Phi) is 6.65. The predicted octanol–water partition coefficient (Wildman–Crippen LogP) is 5.11. The van der Waals surface area contributed by atoms with Gasteiger partial charge < -0.3 is 9.64 Å². The number of fused-ring (bicyclic) bond motifs is 3. The van der Waals surface area contributed by atoms with Crippen molar-refractivity contribution in [3.63, 3.8) is 0 Å². The molecule has 1 aliphatic rings. The number of ether oxygens (including phenoxy) is 1. The van der Waals surface area contributed by atoms with Crippen LogP contribution in [0.15, 0.2) is 54.6 Å². The van der Waals surface area contributed by atoms with Gasteiger partial charge in [-0.2, -0.15) is 0 Å². The minimum Gasteiger partial charge on any atom is -0.488 e. The Morgan fingerprint density at radius 3 is 2.60 bits per heavy atom. The summed E-state index contributed by atoms with van der Waals surface area (Å²) in [5.41, 5.74) is 3.25. The summed E-state index contributed by atoms with van der Waals surface area (Å²) in [5.74, 6) is 0.888. The molecule has 0 atom stereocenters. The lowest BCUT2D eigenvalue weighted by Gasteiger charge is -2.18. The number of amides is 1. The Labute approximate surface area is 154 Å². The Morgan fingerprint density at radius 2 is 2.00 bits per heavy atom. The molecule has 25 heavy (non-hydrogen) atoms. The van der Waals surface area contributed by atoms with Crippen molar-refractivity contribution in [2.45, 2.75) is 20.3 Å². The lowest BCUT2D eigenvalue weighted by atomic mass is 10.0. The van der Waals surface area contributed by atoms with E-state index >= 15 is 0 Å². The Balaban J connectivity index is 0.00000109. The smallest absolute Gasteiger partial charge is 0.223 e. The minimum absolute atomic E-state index is 0.0743. The van der Waals surface area contributed by atoms with Crippen molar-refractivity contribution in [3.8, 4) is 5.75 Å². The van der Waals surface area contributed by atoms with Gasteiger partial charge in [0.1, 0.15) is 12.4 Å². The molecule has 0 fully saturated rings. The third-order valence-electron chi connectivity index (χ3n) is 4.38. The Morgan fingerprint density at radius 1 is 1.32 bits per heavy atom. The van der Waals surface area contributed by atoms with Gasteiger partial charge in [-0.3, -0.25) is 4.79 Å². The standard InChI is InChI=1S/C20H21NO2.CH3Cl/c1-4-15(5-2)13-23-20-12-19-17(10-11-21(19)14(3)22)16-8-6-7-9-18(16)20;1-2/h4-9,12H,1,10-11,13H2,2-3H3;1H3/b15-5+;. The number of halogens is 1. The first kappa shape index (κ1) is 19.1. The Hall–Kier alpha value is -2.26. The van der Waals surface area contributed by atoms with Gasteiger partial charge in [0.05, 0.1) is 5.69 Å². The van der Waals surface area contributed by atoms with Crippen LogP contribution in [0.2, 0.25) is 0 Å². The van der Waals surface area contributed by atoms with Gasteiger partial charge in [-0.1, -0.05) is 43.0 Å². The molecule has 0 saturated carbocycles. The van der Waals surface area contributed by atoms with E-state index in [1.807, 2.05) is 36.1 Å². The minimum atomic E-state index is 0.0743. The molecule has 0 bridgehead atoms. The van der Waals surface area contributed by atoms with Gasteiger partial charge in [-0.15, -0.1) is 11.6 Å². The largest absolute Gasteiger partial charge is 0.488 e. The molecule has 0 radical (unpaired) electrons. The maximum atomic E-state index is 11.9. The molecule has 0 aromatic heterocycles. The van der Waals surface area contributed by atoms with E-state index < -0.39 is 0 Å². The van der Waals surface area contributed by atoms with Crippen molar-refractivity contribution < 1.29 is 9.53 Å². The SMILES string of the molecule is C=C/C(=C\C)COc1cc2c(c3ccccc13)CCN2C(C)=O.CCl. The predicted molar refractivity (Wildman–Crippen MR) is 107 cm³/mol. The Bertz CT molecular complexity index is 811. The number of benzene rings is 2. The number of carbonyl (C=O) groups is 1. The average Bonchev–Trinajstić information content (AvgIpc) is 3.08. The van der Waals surface area contributed by atoms with Gasteiger partial charge in [-0.25, -0.2) is 0 Å². The maximum Gasteiger partial charge on any atom is 0.223 e. The van der Waals surface area contributed by atoms with Crippen molar-refractivity contribution in [1.29, 1.82) is 0 Å². The van der Waals surface area contributed by atoms with Crippen molar-refractivity contribution >= 4 is 34.0 Å². The fraction of sp³-hybridized carbons (Fsp3) is 0.286. The molecular formula is C21H24ClNO2. The fourth-order valence-corrected chi connectivity index (χ4v) is 3.10. The first-order chi connectivity index (χ1) is 12.2. The van der Waals surface area contributed by atoms with Crippen LogP contribution in [0.3, 0.4) is 0 Å². The third kappa shape index (κ3) is 3.88. The van der Waals surface area contributed by atoms with Gasteiger partial charge >= 0.3 is 0 Å².